The van der Waals surface area contributed by atoms with Gasteiger partial charge in [-0.15, -0.1) is 0 Å². The monoisotopic (exact) mass is 245 g/mol. The molecule has 1 unspecified atom stereocenters. The topological polar surface area (TPSA) is 27.3 Å². The van der Waals surface area contributed by atoms with Crippen LogP contribution in [0.1, 0.15) is 18.9 Å². The molecule has 0 aliphatic carbocycles. The van der Waals surface area contributed by atoms with Gasteiger partial charge in [0.15, 0.2) is 0 Å². The van der Waals surface area contributed by atoms with Crippen LogP contribution < -0.4 is 15.5 Å². The number of nitrogens with zero attached hydrogens (tertiary/aromatic N) is 1. The van der Waals surface area contributed by atoms with Gasteiger partial charge in [0.1, 0.15) is 0 Å². The molecule has 3 nitrogen and oxygen atoms in total. The molecule has 0 spiro atoms. The van der Waals surface area contributed by atoms with Crippen LogP contribution in [0.3, 0.4) is 0 Å². The molecule has 3 rings (SSSR count). The van der Waals surface area contributed by atoms with Crippen LogP contribution in [-0.2, 0) is 6.42 Å². The molecule has 2 aliphatic rings. The summed E-state index contributed by atoms with van der Waals surface area (Å²) in [6.07, 6.45) is 2.45. The summed E-state index contributed by atoms with van der Waals surface area (Å²) in [5.74, 6) is 0.740. The van der Waals surface area contributed by atoms with Crippen molar-refractivity contribution < 1.29 is 0 Å². The van der Waals surface area contributed by atoms with Crippen molar-refractivity contribution in [2.24, 2.45) is 5.92 Å². The molecule has 3 heteroatoms. The summed E-state index contributed by atoms with van der Waals surface area (Å²) in [7, 11) is 0. The molecule has 1 saturated heterocycles. The van der Waals surface area contributed by atoms with Crippen LogP contribution in [0, 0.1) is 5.92 Å². The Morgan fingerprint density at radius 3 is 3.11 bits per heavy atom. The van der Waals surface area contributed by atoms with Gasteiger partial charge >= 0.3 is 0 Å². The van der Waals surface area contributed by atoms with Crippen molar-refractivity contribution in [3.05, 3.63) is 23.8 Å². The second-order valence-corrected chi connectivity index (χ2v) is 5.58. The number of rotatable bonds is 1. The van der Waals surface area contributed by atoms with Crippen LogP contribution in [0.5, 0.6) is 0 Å². The van der Waals surface area contributed by atoms with E-state index in [-0.39, 0.29) is 0 Å². The van der Waals surface area contributed by atoms with Crippen LogP contribution in [0.25, 0.3) is 0 Å². The highest BCUT2D eigenvalue weighted by molar-refractivity contribution is 5.68. The van der Waals surface area contributed by atoms with Crippen LogP contribution in [0.2, 0.25) is 0 Å². The zero-order valence-corrected chi connectivity index (χ0v) is 11.2. The minimum atomic E-state index is 0.740. The van der Waals surface area contributed by atoms with E-state index in [2.05, 4.69) is 40.7 Å². The van der Waals surface area contributed by atoms with E-state index in [4.69, 9.17) is 0 Å². The zero-order chi connectivity index (χ0) is 12.4. The van der Waals surface area contributed by atoms with Crippen LogP contribution >= 0.6 is 0 Å². The van der Waals surface area contributed by atoms with Gasteiger partial charge in [-0.05, 0) is 43.0 Å². The Balaban J connectivity index is 1.91. The van der Waals surface area contributed by atoms with Crippen molar-refractivity contribution in [2.75, 3.05) is 42.9 Å². The second kappa shape index (κ2) is 5.19. The maximum Gasteiger partial charge on any atom is 0.0420 e. The summed E-state index contributed by atoms with van der Waals surface area (Å²) in [6.45, 7) is 8.00. The molecule has 2 heterocycles. The van der Waals surface area contributed by atoms with Crippen molar-refractivity contribution in [3.63, 3.8) is 0 Å². The molecule has 2 N–H and O–H groups in total. The summed E-state index contributed by atoms with van der Waals surface area (Å²) in [6, 6.07) is 6.71. The first kappa shape index (κ1) is 11.8. The molecule has 1 aromatic rings. The Morgan fingerprint density at radius 1 is 1.22 bits per heavy atom. The summed E-state index contributed by atoms with van der Waals surface area (Å²) >= 11 is 0. The van der Waals surface area contributed by atoms with Gasteiger partial charge in [-0.2, -0.15) is 0 Å². The molecule has 0 radical (unpaired) electrons. The average molecular weight is 245 g/mol. The Hall–Kier alpha value is -1.22. The number of hydrogen-bond acceptors (Lipinski definition) is 3. The number of hydrogen-bond donors (Lipinski definition) is 2. The standard InChI is InChI=1S/C15H23N3/c1-12-10-13-14(17-11-12)4-2-5-15(13)18-8-3-6-16-7-9-18/h2,4-5,12,16-17H,3,6-11H2,1H3. The molecule has 0 aromatic heterocycles. The van der Waals surface area contributed by atoms with Gasteiger partial charge in [-0.25, -0.2) is 0 Å². The molecule has 1 aromatic carbocycles. The fourth-order valence-electron chi connectivity index (χ4n) is 3.04. The van der Waals surface area contributed by atoms with Gasteiger partial charge in [-0.1, -0.05) is 13.0 Å². The first-order chi connectivity index (χ1) is 8.84. The van der Waals surface area contributed by atoms with E-state index in [0.29, 0.717) is 0 Å². The highest BCUT2D eigenvalue weighted by atomic mass is 15.2. The third-order valence-electron chi connectivity index (χ3n) is 4.03. The number of nitrogens with one attached hydrogen (secondary N) is 2. The third kappa shape index (κ3) is 2.32. The Labute approximate surface area is 110 Å². The third-order valence-corrected chi connectivity index (χ3v) is 4.03. The molecule has 18 heavy (non-hydrogen) atoms. The Bertz CT molecular complexity index is 408. The van der Waals surface area contributed by atoms with Crippen molar-refractivity contribution in [1.82, 2.24) is 5.32 Å². The van der Waals surface area contributed by atoms with Gasteiger partial charge in [0, 0.05) is 37.6 Å². The molecule has 2 aliphatic heterocycles. The van der Waals surface area contributed by atoms with E-state index >= 15 is 0 Å². The smallest absolute Gasteiger partial charge is 0.0420 e. The fraction of sp³-hybridized carbons (Fsp3) is 0.600. The largest absolute Gasteiger partial charge is 0.384 e. The molecule has 1 fully saturated rings. The van der Waals surface area contributed by atoms with E-state index < -0.39 is 0 Å². The predicted octanol–water partition coefficient (Wildman–Crippen LogP) is 2.09. The minimum Gasteiger partial charge on any atom is -0.384 e. The lowest BCUT2D eigenvalue weighted by Gasteiger charge is -2.31. The predicted molar refractivity (Wildman–Crippen MR) is 77.5 cm³/mol. The second-order valence-electron chi connectivity index (χ2n) is 5.58. The minimum absolute atomic E-state index is 0.740. The maximum absolute atomic E-state index is 3.57. The summed E-state index contributed by atoms with van der Waals surface area (Å²) in [5.41, 5.74) is 4.33. The van der Waals surface area contributed by atoms with Gasteiger partial charge < -0.3 is 15.5 Å². The number of fused-ring (bicyclic) bond motifs is 1. The maximum atomic E-state index is 3.57. The van der Waals surface area contributed by atoms with E-state index in [9.17, 15) is 0 Å². The first-order valence-corrected chi connectivity index (χ1v) is 7.16. The van der Waals surface area contributed by atoms with Crippen LogP contribution in [0.15, 0.2) is 18.2 Å². The molecule has 0 saturated carbocycles. The van der Waals surface area contributed by atoms with Crippen molar-refractivity contribution in [2.45, 2.75) is 19.8 Å². The van der Waals surface area contributed by atoms with E-state index in [1.165, 1.54) is 36.3 Å². The summed E-state index contributed by atoms with van der Waals surface area (Å²) in [4.78, 5) is 2.55. The van der Waals surface area contributed by atoms with Crippen molar-refractivity contribution >= 4 is 11.4 Å². The molecule has 0 bridgehead atoms. The Morgan fingerprint density at radius 2 is 2.17 bits per heavy atom. The molecule has 0 amide bonds. The molecular formula is C15H23N3. The first-order valence-electron chi connectivity index (χ1n) is 7.16. The number of benzene rings is 1. The van der Waals surface area contributed by atoms with E-state index in [1.54, 1.807) is 0 Å². The quantitative estimate of drug-likeness (QED) is 0.793. The van der Waals surface area contributed by atoms with Crippen LogP contribution in [-0.4, -0.2) is 32.7 Å². The highest BCUT2D eigenvalue weighted by Gasteiger charge is 2.20. The summed E-state index contributed by atoms with van der Waals surface area (Å²) < 4.78 is 0. The van der Waals surface area contributed by atoms with Gasteiger partial charge in [0.05, 0.1) is 0 Å². The molecule has 1 atom stereocenters. The fourth-order valence-corrected chi connectivity index (χ4v) is 3.04. The van der Waals surface area contributed by atoms with Crippen molar-refractivity contribution in [1.29, 1.82) is 0 Å². The zero-order valence-electron chi connectivity index (χ0n) is 11.2. The summed E-state index contributed by atoms with van der Waals surface area (Å²) in [5, 5.41) is 7.04. The lowest BCUT2D eigenvalue weighted by atomic mass is 9.93. The molecular weight excluding hydrogens is 222 g/mol. The van der Waals surface area contributed by atoms with E-state index in [1.807, 2.05) is 0 Å². The average Bonchev–Trinajstić information content (AvgIpc) is 2.67. The lowest BCUT2D eigenvalue weighted by Crippen LogP contribution is -2.30. The van der Waals surface area contributed by atoms with Crippen LogP contribution in [0.4, 0.5) is 11.4 Å². The van der Waals surface area contributed by atoms with Gasteiger partial charge in [0.25, 0.3) is 0 Å². The normalized spacial score (nSPS) is 24.1. The lowest BCUT2D eigenvalue weighted by molar-refractivity contribution is 0.593. The SMILES string of the molecule is CC1CNc2cccc(N3CCCNCC3)c2C1. The highest BCUT2D eigenvalue weighted by Crippen LogP contribution is 2.33. The number of anilines is 2. The van der Waals surface area contributed by atoms with Crippen molar-refractivity contribution in [3.8, 4) is 0 Å². The van der Waals surface area contributed by atoms with Gasteiger partial charge in [0.2, 0.25) is 0 Å². The van der Waals surface area contributed by atoms with E-state index in [0.717, 1.165) is 32.1 Å². The van der Waals surface area contributed by atoms with Gasteiger partial charge in [-0.3, -0.25) is 0 Å². The Kier molecular flexibility index (Phi) is 3.41. The molecule has 98 valence electrons.